The van der Waals surface area contributed by atoms with Crippen LogP contribution in [0.15, 0.2) is 30.6 Å². The van der Waals surface area contributed by atoms with Crippen LogP contribution in [-0.2, 0) is 0 Å². The van der Waals surface area contributed by atoms with Gasteiger partial charge in [-0.1, -0.05) is 0 Å². The number of rotatable bonds is 2. The minimum absolute atomic E-state index is 0.374. The Hall–Kier alpha value is -2.50. The molecule has 0 saturated carbocycles. The van der Waals surface area contributed by atoms with Gasteiger partial charge in [0.1, 0.15) is 5.82 Å². The fourth-order valence-electron chi connectivity index (χ4n) is 1.83. The highest BCUT2D eigenvalue weighted by Gasteiger charge is 2.10. The Labute approximate surface area is 110 Å². The highest BCUT2D eigenvalue weighted by atomic mass is 16.5. The number of hydrogen-bond donors (Lipinski definition) is 2. The number of nitrogens with two attached hydrogens (primary N) is 1. The molecule has 0 radical (unpaired) electrons. The van der Waals surface area contributed by atoms with E-state index >= 15 is 0 Å². The molecular weight excluding hydrogens is 244 g/mol. The number of nitrogens with zero attached hydrogens (tertiary/aromatic N) is 2. The Bertz CT molecular complexity index is 589. The van der Waals surface area contributed by atoms with Crippen molar-refractivity contribution in [3.05, 3.63) is 30.6 Å². The van der Waals surface area contributed by atoms with Crippen LogP contribution in [0.25, 0.3) is 0 Å². The van der Waals surface area contributed by atoms with E-state index in [0.717, 1.165) is 23.6 Å². The van der Waals surface area contributed by atoms with E-state index in [1.807, 2.05) is 18.2 Å². The van der Waals surface area contributed by atoms with Crippen LogP contribution >= 0.6 is 0 Å². The van der Waals surface area contributed by atoms with Gasteiger partial charge in [0.25, 0.3) is 0 Å². The molecule has 1 aliphatic heterocycles. The zero-order valence-electron chi connectivity index (χ0n) is 10.3. The third kappa shape index (κ3) is 2.67. The van der Waals surface area contributed by atoms with Gasteiger partial charge in [-0.3, -0.25) is 4.98 Å². The molecule has 1 aliphatic rings. The molecule has 0 atom stereocenters. The molecule has 3 rings (SSSR count). The lowest BCUT2D eigenvalue weighted by Gasteiger charge is -2.10. The third-order valence-corrected chi connectivity index (χ3v) is 2.67. The highest BCUT2D eigenvalue weighted by Crippen LogP contribution is 2.33. The Balaban J connectivity index is 1.84. The van der Waals surface area contributed by atoms with Crippen LogP contribution in [0, 0.1) is 0 Å². The molecule has 2 aromatic rings. The Morgan fingerprint density at radius 1 is 1.11 bits per heavy atom. The predicted molar refractivity (Wildman–Crippen MR) is 71.8 cm³/mol. The summed E-state index contributed by atoms with van der Waals surface area (Å²) in [6, 6.07) is 5.66. The van der Waals surface area contributed by atoms with Crippen LogP contribution in [0.4, 0.5) is 17.3 Å². The van der Waals surface area contributed by atoms with E-state index in [4.69, 9.17) is 15.2 Å². The van der Waals surface area contributed by atoms with E-state index in [2.05, 4.69) is 15.3 Å². The van der Waals surface area contributed by atoms with Gasteiger partial charge in [-0.25, -0.2) is 4.98 Å². The standard InChI is InChI=1S/C13H14N4O2/c14-12-7-15-8-13(17-12)16-9-2-3-10-11(6-9)19-5-1-4-18-10/h2-3,6-8H,1,4-5H2,(H3,14,16,17). The molecular formula is C13H14N4O2. The monoisotopic (exact) mass is 258 g/mol. The van der Waals surface area contributed by atoms with E-state index in [1.54, 1.807) is 6.20 Å². The van der Waals surface area contributed by atoms with E-state index in [0.29, 0.717) is 24.8 Å². The smallest absolute Gasteiger partial charge is 0.163 e. The normalized spacial score (nSPS) is 13.7. The van der Waals surface area contributed by atoms with Gasteiger partial charge >= 0.3 is 0 Å². The topological polar surface area (TPSA) is 82.3 Å². The quantitative estimate of drug-likeness (QED) is 0.857. The summed E-state index contributed by atoms with van der Waals surface area (Å²) in [5.74, 6) is 2.47. The molecule has 0 unspecified atom stereocenters. The van der Waals surface area contributed by atoms with Crippen molar-refractivity contribution in [2.75, 3.05) is 24.3 Å². The first-order valence-electron chi connectivity index (χ1n) is 6.05. The van der Waals surface area contributed by atoms with Crippen molar-refractivity contribution in [1.29, 1.82) is 0 Å². The van der Waals surface area contributed by atoms with Gasteiger partial charge in [0.05, 0.1) is 25.6 Å². The van der Waals surface area contributed by atoms with Crippen LogP contribution < -0.4 is 20.5 Å². The summed E-state index contributed by atoms with van der Waals surface area (Å²) in [7, 11) is 0. The first-order chi connectivity index (χ1) is 9.31. The van der Waals surface area contributed by atoms with Crippen molar-refractivity contribution < 1.29 is 9.47 Å². The second-order valence-corrected chi connectivity index (χ2v) is 4.17. The zero-order chi connectivity index (χ0) is 13.1. The number of fused-ring (bicyclic) bond motifs is 1. The van der Waals surface area contributed by atoms with Crippen molar-refractivity contribution in [2.45, 2.75) is 6.42 Å². The molecule has 6 nitrogen and oxygen atoms in total. The van der Waals surface area contributed by atoms with Crippen molar-refractivity contribution in [3.63, 3.8) is 0 Å². The molecule has 0 saturated heterocycles. The molecule has 0 aliphatic carbocycles. The van der Waals surface area contributed by atoms with E-state index in [9.17, 15) is 0 Å². The van der Waals surface area contributed by atoms with Crippen molar-refractivity contribution in [3.8, 4) is 11.5 Å². The minimum atomic E-state index is 0.374. The van der Waals surface area contributed by atoms with Crippen molar-refractivity contribution in [1.82, 2.24) is 9.97 Å². The van der Waals surface area contributed by atoms with E-state index < -0.39 is 0 Å². The molecule has 0 fully saturated rings. The Morgan fingerprint density at radius 2 is 1.95 bits per heavy atom. The van der Waals surface area contributed by atoms with Crippen molar-refractivity contribution >= 4 is 17.3 Å². The van der Waals surface area contributed by atoms with E-state index in [-0.39, 0.29) is 0 Å². The number of hydrogen-bond acceptors (Lipinski definition) is 6. The number of aromatic nitrogens is 2. The van der Waals surface area contributed by atoms with Gasteiger partial charge in [-0.2, -0.15) is 0 Å². The summed E-state index contributed by atoms with van der Waals surface area (Å²) in [6.07, 6.45) is 4.00. The maximum Gasteiger partial charge on any atom is 0.163 e. The molecule has 0 spiro atoms. The van der Waals surface area contributed by atoms with Gasteiger partial charge in [-0.15, -0.1) is 0 Å². The lowest BCUT2D eigenvalue weighted by atomic mass is 10.2. The average Bonchev–Trinajstić information content (AvgIpc) is 2.63. The first kappa shape index (κ1) is 11.6. The second-order valence-electron chi connectivity index (χ2n) is 4.17. The number of anilines is 3. The van der Waals surface area contributed by atoms with Gasteiger partial charge in [0.15, 0.2) is 17.3 Å². The minimum Gasteiger partial charge on any atom is -0.490 e. The van der Waals surface area contributed by atoms with Crippen LogP contribution in [0.1, 0.15) is 6.42 Å². The summed E-state index contributed by atoms with van der Waals surface area (Å²) >= 11 is 0. The molecule has 19 heavy (non-hydrogen) atoms. The fraction of sp³-hybridized carbons (Fsp3) is 0.231. The zero-order valence-corrected chi connectivity index (χ0v) is 10.3. The van der Waals surface area contributed by atoms with Gasteiger partial charge in [-0.05, 0) is 12.1 Å². The summed E-state index contributed by atoms with van der Waals surface area (Å²) < 4.78 is 11.2. The van der Waals surface area contributed by atoms with Gasteiger partial charge in [0.2, 0.25) is 0 Å². The van der Waals surface area contributed by atoms with Crippen molar-refractivity contribution in [2.24, 2.45) is 0 Å². The average molecular weight is 258 g/mol. The van der Waals surface area contributed by atoms with Crippen LogP contribution in [0.3, 0.4) is 0 Å². The number of ether oxygens (including phenoxy) is 2. The molecule has 2 heterocycles. The summed E-state index contributed by atoms with van der Waals surface area (Å²) in [6.45, 7) is 1.34. The van der Waals surface area contributed by atoms with Crippen LogP contribution in [0.2, 0.25) is 0 Å². The number of benzene rings is 1. The Morgan fingerprint density at radius 3 is 2.79 bits per heavy atom. The molecule has 0 bridgehead atoms. The third-order valence-electron chi connectivity index (χ3n) is 2.67. The number of nitrogen functional groups attached to an aromatic ring is 1. The molecule has 3 N–H and O–H groups in total. The fourth-order valence-corrected chi connectivity index (χ4v) is 1.83. The second kappa shape index (κ2) is 5.01. The SMILES string of the molecule is Nc1cncc(Nc2ccc3c(c2)OCCCO3)n1. The lowest BCUT2D eigenvalue weighted by molar-refractivity contribution is 0.297. The summed E-state index contributed by atoms with van der Waals surface area (Å²) in [4.78, 5) is 8.11. The van der Waals surface area contributed by atoms with Crippen LogP contribution in [0.5, 0.6) is 11.5 Å². The Kier molecular flexibility index (Phi) is 3.06. The molecule has 6 heteroatoms. The molecule has 98 valence electrons. The summed E-state index contributed by atoms with van der Waals surface area (Å²) in [5.41, 5.74) is 6.44. The molecule has 1 aromatic heterocycles. The van der Waals surface area contributed by atoms with Crippen LogP contribution in [-0.4, -0.2) is 23.2 Å². The lowest BCUT2D eigenvalue weighted by Crippen LogP contribution is -1.99. The number of nitrogens with one attached hydrogen (secondary N) is 1. The largest absolute Gasteiger partial charge is 0.490 e. The molecule has 1 aromatic carbocycles. The summed E-state index contributed by atoms with van der Waals surface area (Å²) in [5, 5.41) is 3.13. The predicted octanol–water partition coefficient (Wildman–Crippen LogP) is 1.96. The maximum atomic E-state index is 5.62. The maximum absolute atomic E-state index is 5.62. The van der Waals surface area contributed by atoms with Gasteiger partial charge in [0, 0.05) is 18.2 Å². The van der Waals surface area contributed by atoms with E-state index in [1.165, 1.54) is 6.20 Å². The first-order valence-corrected chi connectivity index (χ1v) is 6.05. The highest BCUT2D eigenvalue weighted by molar-refractivity contribution is 5.61. The molecule has 0 amide bonds. The van der Waals surface area contributed by atoms with Gasteiger partial charge < -0.3 is 20.5 Å².